The van der Waals surface area contributed by atoms with Gasteiger partial charge in [-0.25, -0.2) is 9.78 Å². The summed E-state index contributed by atoms with van der Waals surface area (Å²) < 4.78 is 0. The summed E-state index contributed by atoms with van der Waals surface area (Å²) in [6, 6.07) is 6.61. The lowest BCUT2D eigenvalue weighted by Crippen LogP contribution is -2.04. The van der Waals surface area contributed by atoms with E-state index >= 15 is 0 Å². The van der Waals surface area contributed by atoms with Crippen LogP contribution in [0.25, 0.3) is 0 Å². The third kappa shape index (κ3) is 2.96. The first kappa shape index (κ1) is 12.8. The van der Waals surface area contributed by atoms with Gasteiger partial charge >= 0.3 is 5.97 Å². The van der Waals surface area contributed by atoms with Gasteiger partial charge in [-0.2, -0.15) is 0 Å². The van der Waals surface area contributed by atoms with Gasteiger partial charge in [0.25, 0.3) is 0 Å². The van der Waals surface area contributed by atoms with E-state index in [-0.39, 0.29) is 17.1 Å². The fourth-order valence-corrected chi connectivity index (χ4v) is 2.94. The van der Waals surface area contributed by atoms with Crippen molar-refractivity contribution in [1.82, 2.24) is 4.98 Å². The number of aromatic nitrogens is 1. The number of hydrogen-bond acceptors (Lipinski definition) is 5. The van der Waals surface area contributed by atoms with Gasteiger partial charge in [0.15, 0.2) is 5.78 Å². The Bertz CT molecular complexity index is 566. The lowest BCUT2D eigenvalue weighted by molar-refractivity contribution is 0.0692. The van der Waals surface area contributed by atoms with Gasteiger partial charge < -0.3 is 5.11 Å². The monoisotopic (exact) mass is 279 g/mol. The number of Topliss-reactive ketones (excluding diaryl/α,β-unsaturated/α-hetero) is 1. The smallest absolute Gasteiger partial charge is 0.338 e. The summed E-state index contributed by atoms with van der Waals surface area (Å²) in [4.78, 5) is 27.4. The average molecular weight is 279 g/mol. The number of carbonyl (C=O) groups excluding carboxylic acids is 1. The zero-order valence-corrected chi connectivity index (χ0v) is 10.8. The molecule has 1 N–H and O–H groups in total. The van der Waals surface area contributed by atoms with Crippen molar-refractivity contribution in [3.63, 3.8) is 0 Å². The zero-order chi connectivity index (χ0) is 13.0. The minimum Gasteiger partial charge on any atom is -0.478 e. The van der Waals surface area contributed by atoms with Gasteiger partial charge in [-0.05, 0) is 23.6 Å². The molecule has 0 aliphatic carbocycles. The Morgan fingerprint density at radius 3 is 2.83 bits per heavy atom. The normalized spacial score (nSPS) is 10.2. The molecule has 0 radical (unpaired) electrons. The number of rotatable bonds is 5. The van der Waals surface area contributed by atoms with Crippen LogP contribution in [-0.2, 0) is 0 Å². The zero-order valence-electron chi connectivity index (χ0n) is 9.20. The second-order valence-corrected chi connectivity index (χ2v) is 5.26. The molecule has 2 rings (SSSR count). The summed E-state index contributed by atoms with van der Waals surface area (Å²) in [7, 11) is 0. The maximum absolute atomic E-state index is 11.8. The molecule has 0 aliphatic rings. The summed E-state index contributed by atoms with van der Waals surface area (Å²) in [6.07, 6.45) is 1.52. The minimum atomic E-state index is -1.03. The maximum Gasteiger partial charge on any atom is 0.338 e. The average Bonchev–Trinajstić information content (AvgIpc) is 2.90. The van der Waals surface area contributed by atoms with E-state index in [9.17, 15) is 9.59 Å². The molecule has 0 fully saturated rings. The summed E-state index contributed by atoms with van der Waals surface area (Å²) in [5.41, 5.74) is 0.126. The van der Waals surface area contributed by atoms with Crippen LogP contribution in [0.15, 0.2) is 40.9 Å². The molecule has 18 heavy (non-hydrogen) atoms. The van der Waals surface area contributed by atoms with Crippen LogP contribution in [0.2, 0.25) is 0 Å². The predicted molar refractivity (Wildman–Crippen MR) is 70.6 cm³/mol. The Kier molecular flexibility index (Phi) is 4.11. The van der Waals surface area contributed by atoms with Crippen molar-refractivity contribution in [1.29, 1.82) is 0 Å². The molecule has 0 atom stereocenters. The molecule has 0 aliphatic heterocycles. The van der Waals surface area contributed by atoms with Crippen LogP contribution in [-0.4, -0.2) is 27.6 Å². The van der Waals surface area contributed by atoms with Gasteiger partial charge in [0.1, 0.15) is 5.03 Å². The van der Waals surface area contributed by atoms with Crippen LogP contribution in [0.1, 0.15) is 20.0 Å². The first-order valence-corrected chi connectivity index (χ1v) is 6.93. The molecule has 0 saturated heterocycles. The van der Waals surface area contributed by atoms with Crippen molar-refractivity contribution in [2.45, 2.75) is 5.03 Å². The lowest BCUT2D eigenvalue weighted by atomic mass is 10.3. The molecule has 0 unspecified atom stereocenters. The second-order valence-electron chi connectivity index (χ2n) is 3.35. The molecule has 92 valence electrons. The highest BCUT2D eigenvalue weighted by atomic mass is 32.2. The fourth-order valence-electron chi connectivity index (χ4n) is 1.31. The van der Waals surface area contributed by atoms with Gasteiger partial charge in [0.05, 0.1) is 16.2 Å². The van der Waals surface area contributed by atoms with Crippen molar-refractivity contribution in [3.8, 4) is 0 Å². The molecular formula is C12H9NO3S2. The van der Waals surface area contributed by atoms with Crippen molar-refractivity contribution < 1.29 is 14.7 Å². The van der Waals surface area contributed by atoms with Crippen molar-refractivity contribution >= 4 is 34.9 Å². The van der Waals surface area contributed by atoms with E-state index in [1.807, 2.05) is 11.4 Å². The van der Waals surface area contributed by atoms with Crippen LogP contribution in [0.5, 0.6) is 0 Å². The van der Waals surface area contributed by atoms with Crippen LogP contribution >= 0.6 is 23.1 Å². The molecule has 4 nitrogen and oxygen atoms in total. The van der Waals surface area contributed by atoms with E-state index in [1.165, 1.54) is 23.6 Å². The number of aromatic carboxylic acids is 1. The first-order chi connectivity index (χ1) is 8.68. The quantitative estimate of drug-likeness (QED) is 0.673. The third-order valence-corrected chi connectivity index (χ3v) is 4.05. The SMILES string of the molecule is O=C(CSc1ncccc1C(=O)O)c1cccs1. The molecule has 2 heterocycles. The van der Waals surface area contributed by atoms with Gasteiger partial charge in [-0.15, -0.1) is 11.3 Å². The van der Waals surface area contributed by atoms with E-state index in [4.69, 9.17) is 5.11 Å². The van der Waals surface area contributed by atoms with Crippen molar-refractivity contribution in [2.24, 2.45) is 0 Å². The highest BCUT2D eigenvalue weighted by Gasteiger charge is 2.13. The molecule has 0 bridgehead atoms. The molecule has 0 amide bonds. The number of pyridine rings is 1. The fraction of sp³-hybridized carbons (Fsp3) is 0.0833. The summed E-state index contributed by atoms with van der Waals surface area (Å²) in [6.45, 7) is 0. The van der Waals surface area contributed by atoms with Gasteiger partial charge in [0, 0.05) is 6.20 Å². The number of carboxylic acid groups (broad SMARTS) is 1. The summed E-state index contributed by atoms with van der Waals surface area (Å²) in [5.74, 6) is -0.858. The lowest BCUT2D eigenvalue weighted by Gasteiger charge is -2.02. The number of carboxylic acids is 1. The molecule has 2 aromatic heterocycles. The topological polar surface area (TPSA) is 67.3 Å². The van der Waals surface area contributed by atoms with Crippen LogP contribution in [0, 0.1) is 0 Å². The Balaban J connectivity index is 2.07. The van der Waals surface area contributed by atoms with Gasteiger partial charge in [-0.3, -0.25) is 4.79 Å². The van der Waals surface area contributed by atoms with Gasteiger partial charge in [0.2, 0.25) is 0 Å². The van der Waals surface area contributed by atoms with E-state index in [0.717, 1.165) is 11.8 Å². The summed E-state index contributed by atoms with van der Waals surface area (Å²) in [5, 5.41) is 11.2. The molecular weight excluding hydrogens is 270 g/mol. The maximum atomic E-state index is 11.8. The van der Waals surface area contributed by atoms with Crippen LogP contribution in [0.4, 0.5) is 0 Å². The number of thiophene rings is 1. The van der Waals surface area contributed by atoms with Crippen molar-refractivity contribution in [3.05, 3.63) is 46.3 Å². The molecule has 2 aromatic rings. The van der Waals surface area contributed by atoms with E-state index < -0.39 is 5.97 Å². The third-order valence-electron chi connectivity index (χ3n) is 2.14. The minimum absolute atomic E-state index is 0.0167. The number of ketones is 1. The van der Waals surface area contributed by atoms with E-state index in [2.05, 4.69) is 4.98 Å². The largest absolute Gasteiger partial charge is 0.478 e. The molecule has 0 aromatic carbocycles. The Labute approximate surface area is 112 Å². The number of nitrogens with zero attached hydrogens (tertiary/aromatic N) is 1. The standard InChI is InChI=1S/C12H9NO3S2/c14-9(10-4-2-6-17-10)7-18-11-8(12(15)16)3-1-5-13-11/h1-6H,7H2,(H,15,16). The highest BCUT2D eigenvalue weighted by Crippen LogP contribution is 2.22. The molecule has 0 spiro atoms. The van der Waals surface area contributed by atoms with Crippen LogP contribution < -0.4 is 0 Å². The van der Waals surface area contributed by atoms with Gasteiger partial charge in [-0.1, -0.05) is 17.8 Å². The second kappa shape index (κ2) is 5.79. The Morgan fingerprint density at radius 2 is 2.17 bits per heavy atom. The number of thioether (sulfide) groups is 1. The van der Waals surface area contributed by atoms with Crippen LogP contribution in [0.3, 0.4) is 0 Å². The number of carbonyl (C=O) groups is 2. The van der Waals surface area contributed by atoms with Crippen molar-refractivity contribution in [2.75, 3.05) is 5.75 Å². The predicted octanol–water partition coefficient (Wildman–Crippen LogP) is 2.82. The van der Waals surface area contributed by atoms with E-state index in [0.29, 0.717) is 9.90 Å². The van der Waals surface area contributed by atoms with E-state index in [1.54, 1.807) is 12.1 Å². The first-order valence-electron chi connectivity index (χ1n) is 5.06. The highest BCUT2D eigenvalue weighted by molar-refractivity contribution is 8.00. The number of hydrogen-bond donors (Lipinski definition) is 1. The Hall–Kier alpha value is -1.66. The molecule has 6 heteroatoms. The molecule has 0 saturated carbocycles. The Morgan fingerprint density at radius 1 is 1.33 bits per heavy atom. The summed E-state index contributed by atoms with van der Waals surface area (Å²) >= 11 is 2.52.